The maximum Gasteiger partial charge on any atom is 0.303 e. The van der Waals surface area contributed by atoms with E-state index in [0.717, 1.165) is 16.9 Å². The quantitative estimate of drug-likeness (QED) is 0.234. The van der Waals surface area contributed by atoms with E-state index in [9.17, 15) is 28.8 Å². The summed E-state index contributed by atoms with van der Waals surface area (Å²) < 4.78 is 0.125. The molecule has 2 heterocycles. The van der Waals surface area contributed by atoms with Crippen LogP contribution in [0.15, 0.2) is 44.7 Å². The highest BCUT2D eigenvalue weighted by molar-refractivity contribution is 9.14. The van der Waals surface area contributed by atoms with E-state index < -0.39 is 48.1 Å². The Morgan fingerprint density at radius 3 is 2.23 bits per heavy atom. The number of aliphatic carboxylic acids is 1. The largest absolute Gasteiger partial charge is 0.481 e. The summed E-state index contributed by atoms with van der Waals surface area (Å²) in [6.45, 7) is 1.36. The molecule has 0 radical (unpaired) electrons. The lowest BCUT2D eigenvalue weighted by molar-refractivity contribution is -0.138. The number of hydrogen-bond donors (Lipinski definition) is 4. The van der Waals surface area contributed by atoms with Crippen molar-refractivity contribution in [3.05, 3.63) is 60.7 Å². The summed E-state index contributed by atoms with van der Waals surface area (Å²) in [6, 6.07) is 8.17. The Hall–Kier alpha value is -3.36. The number of imide groups is 1. The number of rotatable bonds is 13. The third-order valence-corrected chi connectivity index (χ3v) is 8.81. The van der Waals surface area contributed by atoms with Gasteiger partial charge in [0.15, 0.2) is 0 Å². The van der Waals surface area contributed by atoms with Gasteiger partial charge in [0, 0.05) is 36.4 Å². The minimum absolute atomic E-state index is 0.0624. The number of carboxylic acids is 1. The van der Waals surface area contributed by atoms with E-state index in [2.05, 4.69) is 59.3 Å². The van der Waals surface area contributed by atoms with Gasteiger partial charge in [-0.3, -0.25) is 33.7 Å². The molecule has 0 saturated carbocycles. The van der Waals surface area contributed by atoms with Crippen molar-refractivity contribution in [2.75, 3.05) is 18.4 Å². The number of carbonyl (C=O) groups excluding carboxylic acids is 5. The molecule has 5 amide bonds. The second-order valence-electron chi connectivity index (χ2n) is 8.92. The fourth-order valence-corrected chi connectivity index (χ4v) is 5.38. The molecule has 4 N–H and O–H groups in total. The Kier molecular flexibility index (Phi) is 11.2. The number of halogens is 2. The molecule has 212 valence electrons. The van der Waals surface area contributed by atoms with Crippen molar-refractivity contribution in [1.29, 1.82) is 0 Å². The molecule has 1 aromatic heterocycles. The van der Waals surface area contributed by atoms with Crippen LogP contribution in [0.1, 0.15) is 35.3 Å². The van der Waals surface area contributed by atoms with E-state index in [-0.39, 0.29) is 34.8 Å². The van der Waals surface area contributed by atoms with Gasteiger partial charge in [-0.15, -0.1) is 11.3 Å². The van der Waals surface area contributed by atoms with Gasteiger partial charge in [0.1, 0.15) is 15.0 Å². The highest BCUT2D eigenvalue weighted by atomic mass is 79.9. The standard InChI is InChI=1S/C26H26Br2N4O7S/c1-14-10-17(40-13-14)11-15-2-4-16(5-3-15)30-24(37)18(6-7-21(35)36)31-20(34)12-29-19(33)8-9-32-25(38)22(27)23(28)26(32)39/h2-5,10,13,18H,6-9,11-12H2,1H3,(H,29,33)(H,30,37)(H,31,34)(H,35,36)/t18-/m0/s1. The van der Waals surface area contributed by atoms with Gasteiger partial charge in [-0.25, -0.2) is 0 Å². The summed E-state index contributed by atoms with van der Waals surface area (Å²) in [5, 5.41) is 18.6. The number of benzene rings is 1. The Bertz CT molecular complexity index is 1330. The Labute approximate surface area is 250 Å². The van der Waals surface area contributed by atoms with Crippen molar-refractivity contribution in [1.82, 2.24) is 15.5 Å². The molecule has 2 aromatic rings. The van der Waals surface area contributed by atoms with Crippen LogP contribution in [0.25, 0.3) is 0 Å². The lowest BCUT2D eigenvalue weighted by atomic mass is 10.1. The van der Waals surface area contributed by atoms with Gasteiger partial charge in [-0.2, -0.15) is 0 Å². The van der Waals surface area contributed by atoms with Crippen LogP contribution in [0, 0.1) is 6.92 Å². The second-order valence-corrected chi connectivity index (χ2v) is 11.5. The molecule has 3 rings (SSSR count). The van der Waals surface area contributed by atoms with Crippen LogP contribution in [-0.4, -0.2) is 64.6 Å². The molecule has 0 saturated heterocycles. The number of aryl methyl sites for hydroxylation is 1. The van der Waals surface area contributed by atoms with E-state index in [0.29, 0.717) is 5.69 Å². The van der Waals surface area contributed by atoms with Crippen molar-refractivity contribution in [3.63, 3.8) is 0 Å². The van der Waals surface area contributed by atoms with Gasteiger partial charge in [-0.05, 0) is 79.9 Å². The summed E-state index contributed by atoms with van der Waals surface area (Å²) in [7, 11) is 0. The fourth-order valence-electron chi connectivity index (χ4n) is 3.70. The fraction of sp³-hybridized carbons (Fsp3) is 0.308. The van der Waals surface area contributed by atoms with Gasteiger partial charge in [0.2, 0.25) is 17.7 Å². The topological polar surface area (TPSA) is 162 Å². The number of hydrogen-bond acceptors (Lipinski definition) is 7. The first kappa shape index (κ1) is 31.2. The minimum atomic E-state index is -1.16. The monoisotopic (exact) mass is 696 g/mol. The highest BCUT2D eigenvalue weighted by Crippen LogP contribution is 2.29. The van der Waals surface area contributed by atoms with Crippen LogP contribution in [-0.2, 0) is 35.2 Å². The Balaban J connectivity index is 1.49. The number of anilines is 1. The molecule has 11 nitrogen and oxygen atoms in total. The zero-order valence-electron chi connectivity index (χ0n) is 21.3. The number of nitrogens with one attached hydrogen (secondary N) is 3. The van der Waals surface area contributed by atoms with Crippen LogP contribution in [0.3, 0.4) is 0 Å². The summed E-state index contributed by atoms with van der Waals surface area (Å²) >= 11 is 7.67. The predicted octanol–water partition coefficient (Wildman–Crippen LogP) is 2.81. The van der Waals surface area contributed by atoms with Crippen molar-refractivity contribution in [2.45, 2.75) is 38.6 Å². The van der Waals surface area contributed by atoms with Crippen LogP contribution >= 0.6 is 43.2 Å². The van der Waals surface area contributed by atoms with Crippen LogP contribution in [0.5, 0.6) is 0 Å². The van der Waals surface area contributed by atoms with E-state index in [1.54, 1.807) is 23.5 Å². The van der Waals surface area contributed by atoms with Crippen molar-refractivity contribution in [2.24, 2.45) is 0 Å². The van der Waals surface area contributed by atoms with E-state index in [4.69, 9.17) is 5.11 Å². The Morgan fingerprint density at radius 1 is 1.00 bits per heavy atom. The number of nitrogens with zero attached hydrogens (tertiary/aromatic N) is 1. The first-order valence-corrected chi connectivity index (χ1v) is 14.5. The second kappa shape index (κ2) is 14.3. The first-order valence-electron chi connectivity index (χ1n) is 12.1. The molecule has 14 heteroatoms. The molecule has 0 unspecified atom stereocenters. The zero-order chi connectivity index (χ0) is 29.4. The van der Waals surface area contributed by atoms with E-state index in [1.807, 2.05) is 19.1 Å². The Morgan fingerprint density at radius 2 is 1.65 bits per heavy atom. The van der Waals surface area contributed by atoms with Gasteiger partial charge >= 0.3 is 5.97 Å². The molecule has 0 fully saturated rings. The molecule has 1 aromatic carbocycles. The number of carboxylic acid groups (broad SMARTS) is 1. The normalized spacial score (nSPS) is 13.8. The lowest BCUT2D eigenvalue weighted by Crippen LogP contribution is -2.48. The summed E-state index contributed by atoms with van der Waals surface area (Å²) in [4.78, 5) is 74.7. The van der Waals surface area contributed by atoms with Crippen LogP contribution in [0.2, 0.25) is 0 Å². The maximum atomic E-state index is 12.9. The maximum absolute atomic E-state index is 12.9. The summed E-state index contributed by atoms with van der Waals surface area (Å²) in [5.74, 6) is -4.20. The van der Waals surface area contributed by atoms with Crippen LogP contribution < -0.4 is 16.0 Å². The van der Waals surface area contributed by atoms with Crippen molar-refractivity contribution in [3.8, 4) is 0 Å². The third kappa shape index (κ3) is 8.83. The first-order chi connectivity index (χ1) is 18.9. The van der Waals surface area contributed by atoms with Crippen LogP contribution in [0.4, 0.5) is 5.69 Å². The third-order valence-electron chi connectivity index (χ3n) is 5.75. The van der Waals surface area contributed by atoms with E-state index in [1.165, 1.54) is 10.4 Å². The van der Waals surface area contributed by atoms with Crippen molar-refractivity contribution >= 4 is 84.4 Å². The molecular formula is C26H26Br2N4O7S. The summed E-state index contributed by atoms with van der Waals surface area (Å²) in [5.41, 5.74) is 2.74. The van der Waals surface area contributed by atoms with Gasteiger partial charge in [-0.1, -0.05) is 12.1 Å². The van der Waals surface area contributed by atoms with Gasteiger partial charge < -0.3 is 21.1 Å². The SMILES string of the molecule is Cc1csc(Cc2ccc(NC(=O)[C@H](CCC(=O)O)NC(=O)CNC(=O)CCN3C(=O)C(Br)=C(Br)C3=O)cc2)c1. The molecule has 1 aliphatic rings. The lowest BCUT2D eigenvalue weighted by Gasteiger charge is -2.18. The number of thiophene rings is 1. The number of amides is 5. The smallest absolute Gasteiger partial charge is 0.303 e. The molecule has 0 spiro atoms. The molecule has 0 aliphatic carbocycles. The zero-order valence-corrected chi connectivity index (χ0v) is 25.3. The molecule has 0 bridgehead atoms. The van der Waals surface area contributed by atoms with Gasteiger partial charge in [0.25, 0.3) is 11.8 Å². The number of carbonyl (C=O) groups is 6. The van der Waals surface area contributed by atoms with Gasteiger partial charge in [0.05, 0.1) is 6.54 Å². The van der Waals surface area contributed by atoms with E-state index >= 15 is 0 Å². The average Bonchev–Trinajstić information content (AvgIpc) is 3.40. The molecule has 1 aliphatic heterocycles. The molecule has 1 atom stereocenters. The summed E-state index contributed by atoms with van der Waals surface area (Å²) in [6.07, 6.45) is -0.00371. The van der Waals surface area contributed by atoms with Crippen molar-refractivity contribution < 1.29 is 33.9 Å². The minimum Gasteiger partial charge on any atom is -0.481 e. The highest BCUT2D eigenvalue weighted by Gasteiger charge is 2.35. The molecule has 40 heavy (non-hydrogen) atoms. The average molecular weight is 698 g/mol. The predicted molar refractivity (Wildman–Crippen MR) is 155 cm³/mol. The molecular weight excluding hydrogens is 672 g/mol.